The van der Waals surface area contributed by atoms with Crippen LogP contribution in [0.4, 0.5) is 0 Å². The molecule has 0 spiro atoms. The summed E-state index contributed by atoms with van der Waals surface area (Å²) in [6, 6.07) is 0.999. The average Bonchev–Trinajstić information content (AvgIpc) is 2.16. The van der Waals surface area contributed by atoms with Gasteiger partial charge in [-0.05, 0) is 12.8 Å². The Labute approximate surface area is 90.3 Å². The standard InChI is InChI=1S/C11H23NOS/c1-4-14(13)11-8-6-5-7-10(11)12-9(2)3/h9-12H,4-8H2,1-3H3. The molecule has 1 rings (SSSR count). The lowest BCUT2D eigenvalue weighted by Gasteiger charge is -2.32. The van der Waals surface area contributed by atoms with Gasteiger partial charge in [-0.2, -0.15) is 0 Å². The van der Waals surface area contributed by atoms with Crippen LogP contribution in [-0.2, 0) is 10.8 Å². The maximum Gasteiger partial charge on any atom is 0.0501 e. The van der Waals surface area contributed by atoms with E-state index in [4.69, 9.17) is 0 Å². The van der Waals surface area contributed by atoms with Crippen LogP contribution in [0.2, 0.25) is 0 Å². The molecule has 3 heteroatoms. The van der Waals surface area contributed by atoms with Gasteiger partial charge in [-0.1, -0.05) is 33.6 Å². The van der Waals surface area contributed by atoms with Crippen LogP contribution in [0.3, 0.4) is 0 Å². The molecular weight excluding hydrogens is 194 g/mol. The van der Waals surface area contributed by atoms with Gasteiger partial charge in [0.2, 0.25) is 0 Å². The molecule has 1 aliphatic carbocycles. The van der Waals surface area contributed by atoms with Crippen molar-refractivity contribution in [2.24, 2.45) is 0 Å². The fraction of sp³-hybridized carbons (Fsp3) is 1.00. The zero-order chi connectivity index (χ0) is 10.6. The zero-order valence-electron chi connectivity index (χ0n) is 9.58. The largest absolute Gasteiger partial charge is 0.311 e. The van der Waals surface area contributed by atoms with E-state index in [2.05, 4.69) is 19.2 Å². The third kappa shape index (κ3) is 3.35. The molecule has 0 bridgehead atoms. The third-order valence-corrected chi connectivity index (χ3v) is 4.68. The van der Waals surface area contributed by atoms with Gasteiger partial charge >= 0.3 is 0 Å². The van der Waals surface area contributed by atoms with Gasteiger partial charge in [0.1, 0.15) is 0 Å². The predicted octanol–water partition coefficient (Wildman–Crippen LogP) is 2.06. The minimum Gasteiger partial charge on any atom is -0.311 e. The van der Waals surface area contributed by atoms with Gasteiger partial charge in [-0.15, -0.1) is 0 Å². The lowest BCUT2D eigenvalue weighted by Crippen LogP contribution is -2.47. The number of hydrogen-bond donors (Lipinski definition) is 1. The fourth-order valence-corrected chi connectivity index (χ4v) is 3.68. The molecule has 1 fully saturated rings. The maximum absolute atomic E-state index is 11.8. The second-order valence-electron chi connectivity index (χ2n) is 4.42. The van der Waals surface area contributed by atoms with E-state index in [9.17, 15) is 4.21 Å². The summed E-state index contributed by atoms with van der Waals surface area (Å²) in [6.45, 7) is 6.36. The highest BCUT2D eigenvalue weighted by atomic mass is 32.2. The van der Waals surface area contributed by atoms with Gasteiger partial charge < -0.3 is 5.32 Å². The fourth-order valence-electron chi connectivity index (χ4n) is 2.24. The highest BCUT2D eigenvalue weighted by molar-refractivity contribution is 7.85. The first-order valence-electron chi connectivity index (χ1n) is 5.78. The quantitative estimate of drug-likeness (QED) is 0.781. The van der Waals surface area contributed by atoms with Gasteiger partial charge in [0.25, 0.3) is 0 Å². The predicted molar refractivity (Wildman–Crippen MR) is 63.0 cm³/mol. The SMILES string of the molecule is CCS(=O)C1CCCCC1NC(C)C. The van der Waals surface area contributed by atoms with Crippen molar-refractivity contribution in [2.75, 3.05) is 5.75 Å². The van der Waals surface area contributed by atoms with Crippen molar-refractivity contribution in [1.82, 2.24) is 5.32 Å². The molecule has 84 valence electrons. The first-order valence-corrected chi connectivity index (χ1v) is 7.16. The molecule has 1 N–H and O–H groups in total. The normalized spacial score (nSPS) is 30.6. The molecule has 2 nitrogen and oxygen atoms in total. The lowest BCUT2D eigenvalue weighted by molar-refractivity contribution is 0.357. The van der Waals surface area contributed by atoms with E-state index in [-0.39, 0.29) is 0 Å². The van der Waals surface area contributed by atoms with E-state index in [0.29, 0.717) is 17.3 Å². The second kappa shape index (κ2) is 5.86. The van der Waals surface area contributed by atoms with Gasteiger partial charge in [0.15, 0.2) is 0 Å². The summed E-state index contributed by atoms with van der Waals surface area (Å²) in [5.74, 6) is 0.806. The van der Waals surface area contributed by atoms with Crippen molar-refractivity contribution in [2.45, 2.75) is 63.8 Å². The first-order chi connectivity index (χ1) is 6.65. The summed E-state index contributed by atoms with van der Waals surface area (Å²) in [5, 5.41) is 3.95. The minimum absolute atomic E-state index is 0.399. The Bertz CT molecular complexity index is 194. The minimum atomic E-state index is -0.622. The van der Waals surface area contributed by atoms with Crippen LogP contribution < -0.4 is 5.32 Å². The summed E-state index contributed by atoms with van der Waals surface area (Å²) in [5.41, 5.74) is 0. The van der Waals surface area contributed by atoms with Gasteiger partial charge in [-0.3, -0.25) is 4.21 Å². The average molecular weight is 217 g/mol. The smallest absolute Gasteiger partial charge is 0.0501 e. The maximum atomic E-state index is 11.8. The van der Waals surface area contributed by atoms with E-state index < -0.39 is 10.8 Å². The summed E-state index contributed by atoms with van der Waals surface area (Å²) < 4.78 is 11.8. The molecule has 0 aliphatic heterocycles. The molecule has 0 aromatic carbocycles. The van der Waals surface area contributed by atoms with Crippen molar-refractivity contribution >= 4 is 10.8 Å². The van der Waals surface area contributed by atoms with E-state index in [0.717, 1.165) is 12.2 Å². The molecule has 0 saturated heterocycles. The highest BCUT2D eigenvalue weighted by Gasteiger charge is 2.28. The van der Waals surface area contributed by atoms with Crippen molar-refractivity contribution in [1.29, 1.82) is 0 Å². The molecule has 3 atom stereocenters. The zero-order valence-corrected chi connectivity index (χ0v) is 10.4. The van der Waals surface area contributed by atoms with Crippen LogP contribution in [0.15, 0.2) is 0 Å². The molecule has 1 saturated carbocycles. The van der Waals surface area contributed by atoms with E-state index in [1.807, 2.05) is 6.92 Å². The molecule has 0 amide bonds. The van der Waals surface area contributed by atoms with Gasteiger partial charge in [-0.25, -0.2) is 0 Å². The molecular formula is C11H23NOS. The molecule has 3 unspecified atom stereocenters. The number of nitrogens with one attached hydrogen (secondary N) is 1. The second-order valence-corrected chi connectivity index (χ2v) is 6.36. The van der Waals surface area contributed by atoms with Crippen LogP contribution >= 0.6 is 0 Å². The molecule has 0 aromatic rings. The van der Waals surface area contributed by atoms with Crippen LogP contribution in [-0.4, -0.2) is 27.3 Å². The van der Waals surface area contributed by atoms with Crippen LogP contribution in [0.5, 0.6) is 0 Å². The topological polar surface area (TPSA) is 29.1 Å². The summed E-state index contributed by atoms with van der Waals surface area (Å²) in [4.78, 5) is 0. The number of rotatable bonds is 4. The van der Waals surface area contributed by atoms with Gasteiger partial charge in [0, 0.05) is 28.6 Å². The highest BCUT2D eigenvalue weighted by Crippen LogP contribution is 2.23. The molecule has 0 radical (unpaired) electrons. The third-order valence-electron chi connectivity index (χ3n) is 2.87. The molecule has 0 heterocycles. The molecule has 14 heavy (non-hydrogen) atoms. The number of hydrogen-bond acceptors (Lipinski definition) is 2. The lowest BCUT2D eigenvalue weighted by atomic mass is 9.94. The van der Waals surface area contributed by atoms with E-state index >= 15 is 0 Å². The monoisotopic (exact) mass is 217 g/mol. The first kappa shape index (κ1) is 12.2. The van der Waals surface area contributed by atoms with E-state index in [1.54, 1.807) is 0 Å². The Morgan fingerprint density at radius 1 is 1.36 bits per heavy atom. The summed E-state index contributed by atoms with van der Waals surface area (Å²) >= 11 is 0. The Hall–Kier alpha value is 0.110. The summed E-state index contributed by atoms with van der Waals surface area (Å²) in [7, 11) is -0.622. The molecule has 0 aromatic heterocycles. The summed E-state index contributed by atoms with van der Waals surface area (Å²) in [6.07, 6.45) is 4.90. The van der Waals surface area contributed by atoms with Crippen molar-refractivity contribution < 1.29 is 4.21 Å². The van der Waals surface area contributed by atoms with E-state index in [1.165, 1.54) is 19.3 Å². The Morgan fingerprint density at radius 3 is 2.57 bits per heavy atom. The van der Waals surface area contributed by atoms with Crippen LogP contribution in [0.1, 0.15) is 46.5 Å². The van der Waals surface area contributed by atoms with Gasteiger partial charge in [0.05, 0.1) is 5.25 Å². The van der Waals surface area contributed by atoms with Crippen molar-refractivity contribution in [3.63, 3.8) is 0 Å². The van der Waals surface area contributed by atoms with Crippen molar-refractivity contribution in [3.8, 4) is 0 Å². The Kier molecular flexibility index (Phi) is 5.10. The molecule has 1 aliphatic rings. The van der Waals surface area contributed by atoms with Crippen LogP contribution in [0.25, 0.3) is 0 Å². The van der Waals surface area contributed by atoms with Crippen LogP contribution in [0, 0.1) is 0 Å². The van der Waals surface area contributed by atoms with Crippen molar-refractivity contribution in [3.05, 3.63) is 0 Å². The Morgan fingerprint density at radius 2 is 2.00 bits per heavy atom. The Balaban J connectivity index is 2.54.